The van der Waals surface area contributed by atoms with Gasteiger partial charge in [-0.05, 0) is 24.0 Å². The second kappa shape index (κ2) is 3.48. The Hall–Kier alpha value is -1.18. The molecule has 0 atom stereocenters. The van der Waals surface area contributed by atoms with Crippen LogP contribution in [-0.2, 0) is 6.42 Å². The van der Waals surface area contributed by atoms with Crippen LogP contribution in [0.4, 0.5) is 5.69 Å². The summed E-state index contributed by atoms with van der Waals surface area (Å²) in [6, 6.07) is 5.48. The number of anilines is 1. The Morgan fingerprint density at radius 3 is 2.67 bits per heavy atom. The molecule has 0 amide bonds. The van der Waals surface area contributed by atoms with Gasteiger partial charge in [-0.3, -0.25) is 0 Å². The van der Waals surface area contributed by atoms with Gasteiger partial charge in [0.05, 0.1) is 5.69 Å². The monoisotopic (exact) mass is 165 g/mol. The van der Waals surface area contributed by atoms with Crippen LogP contribution in [0.3, 0.4) is 0 Å². The van der Waals surface area contributed by atoms with Crippen molar-refractivity contribution in [2.45, 2.75) is 20.3 Å². The summed E-state index contributed by atoms with van der Waals surface area (Å²) in [5, 5.41) is 9.52. The molecule has 0 aromatic heterocycles. The number of para-hydroxylation sites is 1. The number of nitrogens with two attached hydrogens (primary N) is 1. The Morgan fingerprint density at radius 1 is 1.42 bits per heavy atom. The molecule has 1 rings (SSSR count). The van der Waals surface area contributed by atoms with Gasteiger partial charge in [-0.2, -0.15) is 0 Å². The Kier molecular flexibility index (Phi) is 2.58. The van der Waals surface area contributed by atoms with E-state index >= 15 is 0 Å². The molecule has 3 N–H and O–H groups in total. The predicted octanol–water partition coefficient (Wildman–Crippen LogP) is 2.17. The van der Waals surface area contributed by atoms with Gasteiger partial charge in [0.25, 0.3) is 0 Å². The van der Waals surface area contributed by atoms with E-state index in [4.69, 9.17) is 5.73 Å². The first-order chi connectivity index (χ1) is 5.61. The molecule has 0 aliphatic carbocycles. The average Bonchev–Trinajstić information content (AvgIpc) is 1.98. The van der Waals surface area contributed by atoms with E-state index in [0.717, 1.165) is 12.0 Å². The van der Waals surface area contributed by atoms with E-state index in [1.165, 1.54) is 0 Å². The third-order valence-corrected chi connectivity index (χ3v) is 1.78. The Balaban J connectivity index is 2.92. The van der Waals surface area contributed by atoms with E-state index in [1.807, 2.05) is 12.1 Å². The topological polar surface area (TPSA) is 46.2 Å². The van der Waals surface area contributed by atoms with E-state index in [1.54, 1.807) is 6.07 Å². The number of rotatable bonds is 2. The lowest BCUT2D eigenvalue weighted by Crippen LogP contribution is -1.96. The molecule has 0 bridgehead atoms. The van der Waals surface area contributed by atoms with Crippen molar-refractivity contribution in [3.05, 3.63) is 23.8 Å². The van der Waals surface area contributed by atoms with Gasteiger partial charge < -0.3 is 10.8 Å². The van der Waals surface area contributed by atoms with Crippen molar-refractivity contribution in [1.29, 1.82) is 0 Å². The molecule has 0 fully saturated rings. The van der Waals surface area contributed by atoms with E-state index < -0.39 is 0 Å². The number of nitrogen functional groups attached to an aromatic ring is 1. The van der Waals surface area contributed by atoms with Crippen LogP contribution in [-0.4, -0.2) is 5.11 Å². The van der Waals surface area contributed by atoms with Crippen molar-refractivity contribution in [3.63, 3.8) is 0 Å². The number of aromatic hydroxyl groups is 1. The molecular formula is C10H15NO. The third-order valence-electron chi connectivity index (χ3n) is 1.78. The highest BCUT2D eigenvalue weighted by molar-refractivity contribution is 5.55. The maximum absolute atomic E-state index is 9.52. The number of benzene rings is 1. The quantitative estimate of drug-likeness (QED) is 0.521. The van der Waals surface area contributed by atoms with Gasteiger partial charge >= 0.3 is 0 Å². The summed E-state index contributed by atoms with van der Waals surface area (Å²) in [5.41, 5.74) is 6.95. The highest BCUT2D eigenvalue weighted by Gasteiger charge is 2.05. The lowest BCUT2D eigenvalue weighted by molar-refractivity contribution is 0.465. The molecule has 0 radical (unpaired) electrons. The van der Waals surface area contributed by atoms with Gasteiger partial charge in [0.15, 0.2) is 0 Å². The summed E-state index contributed by atoms with van der Waals surface area (Å²) in [6.45, 7) is 4.23. The first kappa shape index (κ1) is 8.91. The Bertz CT molecular complexity index is 269. The number of phenols is 1. The first-order valence-corrected chi connectivity index (χ1v) is 4.17. The largest absolute Gasteiger partial charge is 0.506 e. The molecule has 66 valence electrons. The van der Waals surface area contributed by atoms with Gasteiger partial charge in [-0.25, -0.2) is 0 Å². The average molecular weight is 165 g/mol. The van der Waals surface area contributed by atoms with E-state index in [9.17, 15) is 5.11 Å². The molecule has 1 aromatic rings. The van der Waals surface area contributed by atoms with Crippen LogP contribution in [0.25, 0.3) is 0 Å². The third kappa shape index (κ3) is 1.91. The Labute approximate surface area is 73.0 Å². The van der Waals surface area contributed by atoms with E-state index in [0.29, 0.717) is 11.6 Å². The molecule has 0 aliphatic rings. The van der Waals surface area contributed by atoms with Crippen LogP contribution in [0, 0.1) is 5.92 Å². The molecule has 0 heterocycles. The molecule has 0 spiro atoms. The molecule has 1 aromatic carbocycles. The fourth-order valence-corrected chi connectivity index (χ4v) is 1.22. The van der Waals surface area contributed by atoms with Crippen molar-refractivity contribution in [2.24, 2.45) is 5.92 Å². The lowest BCUT2D eigenvalue weighted by Gasteiger charge is -2.08. The summed E-state index contributed by atoms with van der Waals surface area (Å²) in [6.07, 6.45) is 0.872. The number of hydrogen-bond donors (Lipinski definition) is 2. The summed E-state index contributed by atoms with van der Waals surface area (Å²) < 4.78 is 0. The molecule has 0 unspecified atom stereocenters. The zero-order chi connectivity index (χ0) is 9.14. The molecule has 0 saturated heterocycles. The van der Waals surface area contributed by atoms with Crippen molar-refractivity contribution >= 4 is 5.69 Å². The van der Waals surface area contributed by atoms with Crippen LogP contribution in [0.2, 0.25) is 0 Å². The minimum atomic E-state index is 0.242. The molecule has 2 nitrogen and oxygen atoms in total. The molecular weight excluding hydrogens is 150 g/mol. The molecule has 0 aliphatic heterocycles. The zero-order valence-electron chi connectivity index (χ0n) is 7.54. The molecule has 0 saturated carbocycles. The van der Waals surface area contributed by atoms with Crippen molar-refractivity contribution < 1.29 is 5.11 Å². The highest BCUT2D eigenvalue weighted by atomic mass is 16.3. The summed E-state index contributed by atoms with van der Waals surface area (Å²) in [5.74, 6) is 0.781. The van der Waals surface area contributed by atoms with Gasteiger partial charge in [0.1, 0.15) is 5.75 Å². The fourth-order valence-electron chi connectivity index (χ4n) is 1.22. The second-order valence-electron chi connectivity index (χ2n) is 3.45. The normalized spacial score (nSPS) is 10.6. The molecule has 12 heavy (non-hydrogen) atoms. The Morgan fingerprint density at radius 2 is 2.08 bits per heavy atom. The van der Waals surface area contributed by atoms with Crippen molar-refractivity contribution in [1.82, 2.24) is 0 Å². The second-order valence-corrected chi connectivity index (χ2v) is 3.45. The maximum atomic E-state index is 9.52. The SMILES string of the molecule is CC(C)Cc1cccc(N)c1O. The van der Waals surface area contributed by atoms with Crippen LogP contribution in [0.1, 0.15) is 19.4 Å². The lowest BCUT2D eigenvalue weighted by atomic mass is 10.0. The first-order valence-electron chi connectivity index (χ1n) is 4.17. The predicted molar refractivity (Wildman–Crippen MR) is 51.1 cm³/mol. The van der Waals surface area contributed by atoms with Crippen LogP contribution in [0.5, 0.6) is 5.75 Å². The van der Waals surface area contributed by atoms with Gasteiger partial charge in [-0.1, -0.05) is 26.0 Å². The standard InChI is InChI=1S/C10H15NO/c1-7(2)6-8-4-3-5-9(11)10(8)12/h3-5,7,12H,6,11H2,1-2H3. The van der Waals surface area contributed by atoms with Crippen molar-refractivity contribution in [3.8, 4) is 5.75 Å². The van der Waals surface area contributed by atoms with Crippen LogP contribution in [0.15, 0.2) is 18.2 Å². The van der Waals surface area contributed by atoms with Crippen molar-refractivity contribution in [2.75, 3.05) is 5.73 Å². The summed E-state index contributed by atoms with van der Waals surface area (Å²) in [4.78, 5) is 0. The van der Waals surface area contributed by atoms with Crippen LogP contribution >= 0.6 is 0 Å². The minimum Gasteiger partial charge on any atom is -0.506 e. The number of phenolic OH excluding ortho intramolecular Hbond substituents is 1. The van der Waals surface area contributed by atoms with Gasteiger partial charge in [-0.15, -0.1) is 0 Å². The zero-order valence-corrected chi connectivity index (χ0v) is 7.54. The summed E-state index contributed by atoms with van der Waals surface area (Å²) >= 11 is 0. The van der Waals surface area contributed by atoms with E-state index in [-0.39, 0.29) is 5.75 Å². The highest BCUT2D eigenvalue weighted by Crippen LogP contribution is 2.26. The summed E-state index contributed by atoms with van der Waals surface area (Å²) in [7, 11) is 0. The molecule has 2 heteroatoms. The van der Waals surface area contributed by atoms with E-state index in [2.05, 4.69) is 13.8 Å². The number of hydrogen-bond acceptors (Lipinski definition) is 2. The van der Waals surface area contributed by atoms with Gasteiger partial charge in [0, 0.05) is 0 Å². The smallest absolute Gasteiger partial charge is 0.141 e. The minimum absolute atomic E-state index is 0.242. The maximum Gasteiger partial charge on any atom is 0.141 e. The fraction of sp³-hybridized carbons (Fsp3) is 0.400. The van der Waals surface area contributed by atoms with Crippen LogP contribution < -0.4 is 5.73 Å². The van der Waals surface area contributed by atoms with Gasteiger partial charge in [0.2, 0.25) is 0 Å².